The Morgan fingerprint density at radius 2 is 2.13 bits per heavy atom. The topological polar surface area (TPSA) is 37.4 Å². The highest BCUT2D eigenvalue weighted by atomic mass is 32.2. The summed E-state index contributed by atoms with van der Waals surface area (Å²) in [7, 11) is -1.06. The third-order valence-corrected chi connectivity index (χ3v) is 4.59. The summed E-state index contributed by atoms with van der Waals surface area (Å²) < 4.78 is 22.8. The Labute approximate surface area is 94.4 Å². The minimum absolute atomic E-state index is 0.407. The zero-order chi connectivity index (χ0) is 11.1. The first-order valence-electron chi connectivity index (χ1n) is 4.66. The Morgan fingerprint density at radius 1 is 1.40 bits per heavy atom. The highest BCUT2D eigenvalue weighted by Crippen LogP contribution is 2.35. The van der Waals surface area contributed by atoms with E-state index in [0.29, 0.717) is 4.90 Å². The van der Waals surface area contributed by atoms with Crippen LogP contribution in [-0.4, -0.2) is 34.0 Å². The van der Waals surface area contributed by atoms with Gasteiger partial charge >= 0.3 is 0 Å². The van der Waals surface area contributed by atoms with Crippen molar-refractivity contribution in [2.24, 2.45) is 0 Å². The number of benzene rings is 1. The second kappa shape index (κ2) is 3.72. The lowest BCUT2D eigenvalue weighted by atomic mass is 10.3. The number of sulfone groups is 1. The summed E-state index contributed by atoms with van der Waals surface area (Å²) in [6, 6.07) is 5.33. The van der Waals surface area contributed by atoms with E-state index in [2.05, 4.69) is 4.90 Å². The number of anilines is 1. The molecule has 1 aromatic rings. The van der Waals surface area contributed by atoms with Gasteiger partial charge in [-0.25, -0.2) is 8.42 Å². The number of nitrogens with zero attached hydrogens (tertiary/aromatic N) is 1. The molecular weight excluding hydrogens is 230 g/mol. The molecule has 0 N–H and O–H groups in total. The molecule has 3 nitrogen and oxygen atoms in total. The number of rotatable bonds is 1. The van der Waals surface area contributed by atoms with Crippen molar-refractivity contribution < 1.29 is 8.42 Å². The molecular formula is C10H13NO2S2. The van der Waals surface area contributed by atoms with E-state index in [0.717, 1.165) is 22.9 Å². The molecule has 0 aromatic heterocycles. The van der Waals surface area contributed by atoms with Gasteiger partial charge in [-0.05, 0) is 18.2 Å². The van der Waals surface area contributed by atoms with Gasteiger partial charge in [0.25, 0.3) is 0 Å². The van der Waals surface area contributed by atoms with E-state index in [4.69, 9.17) is 0 Å². The lowest BCUT2D eigenvalue weighted by Gasteiger charge is -2.27. The van der Waals surface area contributed by atoms with Crippen molar-refractivity contribution in [1.29, 1.82) is 0 Å². The van der Waals surface area contributed by atoms with Gasteiger partial charge < -0.3 is 4.90 Å². The smallest absolute Gasteiger partial charge is 0.175 e. The second-order valence-electron chi connectivity index (χ2n) is 3.67. The van der Waals surface area contributed by atoms with Crippen molar-refractivity contribution in [3.63, 3.8) is 0 Å². The van der Waals surface area contributed by atoms with Gasteiger partial charge in [0.05, 0.1) is 10.6 Å². The third kappa shape index (κ3) is 2.13. The van der Waals surface area contributed by atoms with Crippen LogP contribution in [0.1, 0.15) is 0 Å². The number of fused-ring (bicyclic) bond motifs is 1. The van der Waals surface area contributed by atoms with Crippen molar-refractivity contribution in [3.05, 3.63) is 18.2 Å². The molecule has 0 aliphatic carbocycles. The van der Waals surface area contributed by atoms with Gasteiger partial charge in [-0.2, -0.15) is 0 Å². The fourth-order valence-corrected chi connectivity index (χ4v) is 3.46. The summed E-state index contributed by atoms with van der Waals surface area (Å²) >= 11 is 1.72. The standard InChI is InChI=1S/C10H13NO2S2/c1-11-5-6-14-10-7-8(15(2,12)13)3-4-9(10)11/h3-4,7H,5-6H2,1-2H3. The van der Waals surface area contributed by atoms with Crippen molar-refractivity contribution in [2.75, 3.05) is 30.5 Å². The average molecular weight is 243 g/mol. The Kier molecular flexibility index (Phi) is 2.68. The SMILES string of the molecule is CN1CCSc2cc(S(C)(=O)=O)ccc21. The quantitative estimate of drug-likeness (QED) is 0.751. The average Bonchev–Trinajstić information content (AvgIpc) is 2.16. The Bertz CT molecular complexity index is 482. The predicted octanol–water partition coefficient (Wildman–Crippen LogP) is 1.63. The molecule has 1 aliphatic heterocycles. The zero-order valence-electron chi connectivity index (χ0n) is 8.73. The molecule has 1 aliphatic rings. The first kappa shape index (κ1) is 10.8. The lowest BCUT2D eigenvalue weighted by molar-refractivity contribution is 0.601. The lowest BCUT2D eigenvalue weighted by Crippen LogP contribution is -2.24. The molecule has 0 spiro atoms. The van der Waals surface area contributed by atoms with E-state index in [-0.39, 0.29) is 0 Å². The number of thioether (sulfide) groups is 1. The minimum Gasteiger partial charge on any atom is -0.373 e. The molecule has 0 bridgehead atoms. The highest BCUT2D eigenvalue weighted by molar-refractivity contribution is 7.99. The number of hydrogen-bond donors (Lipinski definition) is 0. The van der Waals surface area contributed by atoms with Crippen LogP contribution in [0.15, 0.2) is 28.0 Å². The Balaban J connectivity index is 2.51. The van der Waals surface area contributed by atoms with Gasteiger partial charge in [-0.15, -0.1) is 11.8 Å². The fraction of sp³-hybridized carbons (Fsp3) is 0.400. The molecule has 0 atom stereocenters. The van der Waals surface area contributed by atoms with Crippen molar-refractivity contribution in [3.8, 4) is 0 Å². The summed E-state index contributed by atoms with van der Waals surface area (Å²) in [4.78, 5) is 3.62. The van der Waals surface area contributed by atoms with Crippen LogP contribution >= 0.6 is 11.8 Å². The Hall–Kier alpha value is -0.680. The second-order valence-corrected chi connectivity index (χ2v) is 6.82. The Morgan fingerprint density at radius 3 is 2.80 bits per heavy atom. The molecule has 82 valence electrons. The van der Waals surface area contributed by atoms with Gasteiger partial charge in [0.15, 0.2) is 9.84 Å². The van der Waals surface area contributed by atoms with Crippen LogP contribution in [0.2, 0.25) is 0 Å². The predicted molar refractivity (Wildman–Crippen MR) is 63.5 cm³/mol. The van der Waals surface area contributed by atoms with E-state index < -0.39 is 9.84 Å². The molecule has 0 radical (unpaired) electrons. The summed E-state index contributed by atoms with van der Waals surface area (Å²) in [6.45, 7) is 1.01. The normalized spacial score (nSPS) is 16.3. The fourth-order valence-electron chi connectivity index (χ4n) is 1.57. The molecule has 1 aromatic carbocycles. The number of hydrogen-bond acceptors (Lipinski definition) is 4. The minimum atomic E-state index is -3.09. The van der Waals surface area contributed by atoms with E-state index in [9.17, 15) is 8.42 Å². The molecule has 0 saturated heterocycles. The molecule has 0 amide bonds. The van der Waals surface area contributed by atoms with Gasteiger partial charge in [-0.1, -0.05) is 0 Å². The van der Waals surface area contributed by atoms with Crippen LogP contribution < -0.4 is 4.90 Å². The largest absolute Gasteiger partial charge is 0.373 e. The van der Waals surface area contributed by atoms with Crippen LogP contribution in [0.25, 0.3) is 0 Å². The molecule has 0 fully saturated rings. The van der Waals surface area contributed by atoms with E-state index in [1.807, 2.05) is 13.1 Å². The monoisotopic (exact) mass is 243 g/mol. The van der Waals surface area contributed by atoms with Crippen LogP contribution in [0.3, 0.4) is 0 Å². The first-order chi connectivity index (χ1) is 6.98. The van der Waals surface area contributed by atoms with E-state index in [1.54, 1.807) is 23.9 Å². The maximum absolute atomic E-state index is 11.4. The van der Waals surface area contributed by atoms with Crippen LogP contribution in [0.4, 0.5) is 5.69 Å². The molecule has 0 unspecified atom stereocenters. The summed E-state index contributed by atoms with van der Waals surface area (Å²) in [5.74, 6) is 1.01. The maximum Gasteiger partial charge on any atom is 0.175 e. The van der Waals surface area contributed by atoms with Gasteiger partial charge in [-0.3, -0.25) is 0 Å². The first-order valence-corrected chi connectivity index (χ1v) is 7.54. The van der Waals surface area contributed by atoms with E-state index in [1.165, 1.54) is 6.26 Å². The van der Waals surface area contributed by atoms with E-state index >= 15 is 0 Å². The summed E-state index contributed by atoms with van der Waals surface area (Å²) in [5, 5.41) is 0. The molecule has 5 heteroatoms. The molecule has 1 heterocycles. The zero-order valence-corrected chi connectivity index (χ0v) is 10.4. The molecule has 0 saturated carbocycles. The van der Waals surface area contributed by atoms with Gasteiger partial charge in [0.1, 0.15) is 0 Å². The molecule has 15 heavy (non-hydrogen) atoms. The summed E-state index contributed by atoms with van der Waals surface area (Å²) in [6.07, 6.45) is 1.24. The van der Waals surface area contributed by atoms with Crippen molar-refractivity contribution in [2.45, 2.75) is 9.79 Å². The van der Waals surface area contributed by atoms with Crippen molar-refractivity contribution in [1.82, 2.24) is 0 Å². The van der Waals surface area contributed by atoms with Crippen LogP contribution in [-0.2, 0) is 9.84 Å². The van der Waals surface area contributed by atoms with Gasteiger partial charge in [0, 0.05) is 30.5 Å². The molecule has 2 rings (SSSR count). The van der Waals surface area contributed by atoms with Crippen molar-refractivity contribution >= 4 is 27.3 Å². The van der Waals surface area contributed by atoms with Gasteiger partial charge in [0.2, 0.25) is 0 Å². The van der Waals surface area contributed by atoms with Crippen LogP contribution in [0, 0.1) is 0 Å². The third-order valence-electron chi connectivity index (χ3n) is 2.45. The van der Waals surface area contributed by atoms with Crippen LogP contribution in [0.5, 0.6) is 0 Å². The maximum atomic E-state index is 11.4. The highest BCUT2D eigenvalue weighted by Gasteiger charge is 2.16. The summed E-state index contributed by atoms with van der Waals surface area (Å²) in [5.41, 5.74) is 1.12.